The van der Waals surface area contributed by atoms with Crippen LogP contribution in [-0.2, 0) is 12.8 Å². The summed E-state index contributed by atoms with van der Waals surface area (Å²) in [6.45, 7) is 1.07. The van der Waals surface area contributed by atoms with Gasteiger partial charge in [-0.1, -0.05) is 30.3 Å². The predicted octanol–water partition coefficient (Wildman–Crippen LogP) is 2.65. The van der Waals surface area contributed by atoms with Crippen LogP contribution in [0.4, 0.5) is 8.78 Å². The first kappa shape index (κ1) is 16.3. The lowest BCUT2D eigenvalue weighted by Crippen LogP contribution is -2.03. The second kappa shape index (κ2) is 9.18. The number of benzene rings is 2. The normalized spacial score (nSPS) is 9.80. The summed E-state index contributed by atoms with van der Waals surface area (Å²) in [7, 11) is 0. The maximum absolute atomic E-state index is 12.7. The molecule has 0 aliphatic heterocycles. The van der Waals surface area contributed by atoms with Crippen LogP contribution in [0, 0.1) is 11.6 Å². The molecule has 0 aliphatic carbocycles. The van der Waals surface area contributed by atoms with Crippen molar-refractivity contribution >= 4 is 0 Å². The highest BCUT2D eigenvalue weighted by Crippen LogP contribution is 2.05. The van der Waals surface area contributed by atoms with Gasteiger partial charge in [-0.2, -0.15) is 0 Å². The van der Waals surface area contributed by atoms with Crippen LogP contribution < -0.4 is 11.5 Å². The van der Waals surface area contributed by atoms with Crippen LogP contribution in [0.5, 0.6) is 0 Å². The Labute approximate surface area is 118 Å². The van der Waals surface area contributed by atoms with Crippen LogP contribution in [0.15, 0.2) is 48.5 Å². The van der Waals surface area contributed by atoms with Gasteiger partial charge in [-0.3, -0.25) is 0 Å². The molecule has 4 heteroatoms. The SMILES string of the molecule is NCCc1cccc(F)c1.NCCc1ccccc1F. The van der Waals surface area contributed by atoms with E-state index in [1.807, 2.05) is 12.1 Å². The van der Waals surface area contributed by atoms with E-state index in [0.717, 1.165) is 12.0 Å². The molecule has 4 N–H and O–H groups in total. The molecule has 0 aliphatic rings. The van der Waals surface area contributed by atoms with E-state index in [9.17, 15) is 8.78 Å². The van der Waals surface area contributed by atoms with Gasteiger partial charge in [0.1, 0.15) is 11.6 Å². The smallest absolute Gasteiger partial charge is 0.126 e. The molecule has 0 bridgehead atoms. The molecule has 108 valence electrons. The second-order valence-corrected chi connectivity index (χ2v) is 4.30. The number of hydrogen-bond acceptors (Lipinski definition) is 2. The Morgan fingerprint density at radius 3 is 2.10 bits per heavy atom. The van der Waals surface area contributed by atoms with E-state index in [-0.39, 0.29) is 11.6 Å². The first-order valence-corrected chi connectivity index (χ1v) is 6.55. The zero-order valence-electron chi connectivity index (χ0n) is 11.4. The van der Waals surface area contributed by atoms with Gasteiger partial charge >= 0.3 is 0 Å². The maximum Gasteiger partial charge on any atom is 0.126 e. The summed E-state index contributed by atoms with van der Waals surface area (Å²) in [6, 6.07) is 13.2. The lowest BCUT2D eigenvalue weighted by molar-refractivity contribution is 0.609. The molecule has 0 spiro atoms. The molecular formula is C16H20F2N2. The van der Waals surface area contributed by atoms with Gasteiger partial charge in [0.05, 0.1) is 0 Å². The Balaban J connectivity index is 0.000000200. The second-order valence-electron chi connectivity index (χ2n) is 4.30. The van der Waals surface area contributed by atoms with Gasteiger partial charge in [-0.25, -0.2) is 8.78 Å². The summed E-state index contributed by atoms with van der Waals surface area (Å²) in [6.07, 6.45) is 1.37. The van der Waals surface area contributed by atoms with Crippen LogP contribution in [-0.4, -0.2) is 13.1 Å². The highest BCUT2D eigenvalue weighted by Gasteiger charge is 1.96. The minimum absolute atomic E-state index is 0.159. The lowest BCUT2D eigenvalue weighted by Gasteiger charge is -1.97. The summed E-state index contributed by atoms with van der Waals surface area (Å²) in [5, 5.41) is 0. The first-order chi connectivity index (χ1) is 9.67. The van der Waals surface area contributed by atoms with Gasteiger partial charge in [0.25, 0.3) is 0 Å². The lowest BCUT2D eigenvalue weighted by atomic mass is 10.1. The van der Waals surface area contributed by atoms with Crippen molar-refractivity contribution in [1.29, 1.82) is 0 Å². The molecule has 20 heavy (non-hydrogen) atoms. The largest absolute Gasteiger partial charge is 0.330 e. The number of nitrogens with two attached hydrogens (primary N) is 2. The van der Waals surface area contributed by atoms with Crippen molar-refractivity contribution in [1.82, 2.24) is 0 Å². The fourth-order valence-electron chi connectivity index (χ4n) is 1.72. The standard InChI is InChI=1S/2C8H10FN/c9-8-3-1-2-7(6-8)4-5-10;9-8-4-2-1-3-7(8)5-6-10/h1-3,6H,4-5,10H2;1-4H,5-6,10H2. The molecule has 0 unspecified atom stereocenters. The Morgan fingerprint density at radius 1 is 0.800 bits per heavy atom. The molecule has 0 fully saturated rings. The van der Waals surface area contributed by atoms with Gasteiger partial charge in [0.2, 0.25) is 0 Å². The topological polar surface area (TPSA) is 52.0 Å². The van der Waals surface area contributed by atoms with Crippen molar-refractivity contribution in [2.75, 3.05) is 13.1 Å². The third-order valence-corrected chi connectivity index (χ3v) is 2.69. The Morgan fingerprint density at radius 2 is 1.50 bits per heavy atom. The van der Waals surface area contributed by atoms with E-state index in [2.05, 4.69) is 0 Å². The maximum atomic E-state index is 12.7. The Kier molecular flexibility index (Phi) is 7.47. The molecule has 2 aromatic carbocycles. The molecule has 0 atom stereocenters. The highest BCUT2D eigenvalue weighted by atomic mass is 19.1. The molecule has 0 saturated heterocycles. The summed E-state index contributed by atoms with van der Waals surface area (Å²) in [4.78, 5) is 0. The van der Waals surface area contributed by atoms with E-state index < -0.39 is 0 Å². The minimum atomic E-state index is -0.189. The molecule has 0 aromatic heterocycles. The quantitative estimate of drug-likeness (QED) is 0.903. The zero-order valence-corrected chi connectivity index (χ0v) is 11.4. The first-order valence-electron chi connectivity index (χ1n) is 6.55. The van der Waals surface area contributed by atoms with E-state index >= 15 is 0 Å². The number of hydrogen-bond donors (Lipinski definition) is 2. The predicted molar refractivity (Wildman–Crippen MR) is 78.3 cm³/mol. The van der Waals surface area contributed by atoms with Crippen LogP contribution >= 0.6 is 0 Å². The summed E-state index contributed by atoms with van der Waals surface area (Å²) >= 11 is 0. The molecule has 0 radical (unpaired) electrons. The highest BCUT2D eigenvalue weighted by molar-refractivity contribution is 5.17. The Hall–Kier alpha value is -1.78. The van der Waals surface area contributed by atoms with Crippen molar-refractivity contribution in [3.8, 4) is 0 Å². The van der Waals surface area contributed by atoms with E-state index in [4.69, 9.17) is 11.5 Å². The average Bonchev–Trinajstić information content (AvgIpc) is 2.43. The van der Waals surface area contributed by atoms with Crippen molar-refractivity contribution < 1.29 is 8.78 Å². The van der Waals surface area contributed by atoms with Gasteiger partial charge < -0.3 is 11.5 Å². The third-order valence-electron chi connectivity index (χ3n) is 2.69. The minimum Gasteiger partial charge on any atom is -0.330 e. The van der Waals surface area contributed by atoms with Crippen molar-refractivity contribution in [2.45, 2.75) is 12.8 Å². The fraction of sp³-hybridized carbons (Fsp3) is 0.250. The fourth-order valence-corrected chi connectivity index (χ4v) is 1.72. The molecule has 2 aromatic rings. The summed E-state index contributed by atoms with van der Waals surface area (Å²) < 4.78 is 25.2. The van der Waals surface area contributed by atoms with Crippen molar-refractivity contribution in [2.24, 2.45) is 11.5 Å². The van der Waals surface area contributed by atoms with Gasteiger partial charge in [-0.15, -0.1) is 0 Å². The zero-order chi connectivity index (χ0) is 14.8. The molecular weight excluding hydrogens is 258 g/mol. The van der Waals surface area contributed by atoms with Gasteiger partial charge in [-0.05, 0) is 55.3 Å². The van der Waals surface area contributed by atoms with Gasteiger partial charge in [0, 0.05) is 0 Å². The van der Waals surface area contributed by atoms with Crippen LogP contribution in [0.2, 0.25) is 0 Å². The summed E-state index contributed by atoms with van der Waals surface area (Å²) in [5.41, 5.74) is 12.2. The molecule has 0 heterocycles. The molecule has 2 rings (SSSR count). The van der Waals surface area contributed by atoms with Crippen LogP contribution in [0.25, 0.3) is 0 Å². The van der Waals surface area contributed by atoms with E-state index in [0.29, 0.717) is 25.1 Å². The molecule has 2 nitrogen and oxygen atoms in total. The average molecular weight is 278 g/mol. The summed E-state index contributed by atoms with van der Waals surface area (Å²) in [5.74, 6) is -0.348. The number of rotatable bonds is 4. The van der Waals surface area contributed by atoms with E-state index in [1.54, 1.807) is 18.2 Å². The van der Waals surface area contributed by atoms with Crippen molar-refractivity contribution in [3.05, 3.63) is 71.3 Å². The van der Waals surface area contributed by atoms with Crippen LogP contribution in [0.1, 0.15) is 11.1 Å². The molecule has 0 amide bonds. The van der Waals surface area contributed by atoms with Gasteiger partial charge in [0.15, 0.2) is 0 Å². The van der Waals surface area contributed by atoms with Crippen molar-refractivity contribution in [3.63, 3.8) is 0 Å². The monoisotopic (exact) mass is 278 g/mol. The van der Waals surface area contributed by atoms with E-state index in [1.165, 1.54) is 18.2 Å². The molecule has 0 saturated carbocycles. The number of halogens is 2. The third kappa shape index (κ3) is 5.91. The van der Waals surface area contributed by atoms with Crippen LogP contribution in [0.3, 0.4) is 0 Å². The Bertz CT molecular complexity index is 515.